The van der Waals surface area contributed by atoms with Gasteiger partial charge >= 0.3 is 5.97 Å². The number of ether oxygens (including phenoxy) is 1. The summed E-state index contributed by atoms with van der Waals surface area (Å²) in [6.45, 7) is 3.84. The van der Waals surface area contributed by atoms with Crippen molar-refractivity contribution in [2.75, 3.05) is 0 Å². The molecule has 2 aromatic rings. The lowest BCUT2D eigenvalue weighted by Crippen LogP contribution is -2.29. The molecule has 102 valence electrons. The lowest BCUT2D eigenvalue weighted by Gasteiger charge is -2.27. The third-order valence-corrected chi connectivity index (χ3v) is 3.77. The molecule has 0 amide bonds. The van der Waals surface area contributed by atoms with Crippen molar-refractivity contribution in [2.45, 2.75) is 11.5 Å². The van der Waals surface area contributed by atoms with Gasteiger partial charge in [-0.15, -0.1) is 0 Å². The second kappa shape index (κ2) is 4.92. The number of hydrogen-bond acceptors (Lipinski definition) is 3. The third-order valence-electron chi connectivity index (χ3n) is 3.77. The van der Waals surface area contributed by atoms with Crippen LogP contribution in [0.5, 0.6) is 0 Å². The molecule has 1 fully saturated rings. The summed E-state index contributed by atoms with van der Waals surface area (Å²) in [6.07, 6.45) is 0. The number of cyclic esters (lactones) is 1. The van der Waals surface area contributed by atoms with E-state index in [2.05, 4.69) is 12.6 Å². The summed E-state index contributed by atoms with van der Waals surface area (Å²) in [5.41, 5.74) is 0.468. The van der Waals surface area contributed by atoms with Gasteiger partial charge in [-0.1, -0.05) is 67.2 Å². The lowest BCUT2D eigenvalue weighted by molar-refractivity contribution is -0.143. The van der Waals surface area contributed by atoms with Gasteiger partial charge in [0.1, 0.15) is 6.07 Å². The third kappa shape index (κ3) is 1.93. The maximum atomic E-state index is 12.0. The fourth-order valence-corrected chi connectivity index (χ4v) is 2.78. The van der Waals surface area contributed by atoms with E-state index < -0.39 is 17.5 Å². The molecule has 1 aliphatic heterocycles. The minimum Gasteiger partial charge on any atom is -0.435 e. The van der Waals surface area contributed by atoms with Crippen LogP contribution in [0.1, 0.15) is 17.0 Å². The maximum Gasteiger partial charge on any atom is 0.336 e. The van der Waals surface area contributed by atoms with Crippen LogP contribution in [0.3, 0.4) is 0 Å². The van der Waals surface area contributed by atoms with Crippen molar-refractivity contribution in [3.8, 4) is 6.07 Å². The molecule has 3 nitrogen and oxygen atoms in total. The van der Waals surface area contributed by atoms with Crippen molar-refractivity contribution in [3.05, 3.63) is 83.9 Å². The van der Waals surface area contributed by atoms with E-state index in [9.17, 15) is 10.1 Å². The molecule has 0 saturated carbocycles. The Hall–Kier alpha value is -2.86. The number of benzene rings is 2. The lowest BCUT2D eigenvalue weighted by atomic mass is 9.76. The number of carbonyl (C=O) groups excluding carboxylic acids is 1. The summed E-state index contributed by atoms with van der Waals surface area (Å²) in [5, 5.41) is 9.77. The first-order valence-corrected chi connectivity index (χ1v) is 6.63. The molecule has 0 spiro atoms. The van der Waals surface area contributed by atoms with Gasteiger partial charge < -0.3 is 4.74 Å². The average Bonchev–Trinajstić information content (AvgIpc) is 2.81. The number of rotatable bonds is 2. The molecule has 3 rings (SSSR count). The summed E-state index contributed by atoms with van der Waals surface area (Å²) in [5.74, 6) is -1.02. The first-order chi connectivity index (χ1) is 10.2. The second-order valence-corrected chi connectivity index (χ2v) is 4.97. The summed E-state index contributed by atoms with van der Waals surface area (Å²) < 4.78 is 5.46. The highest BCUT2D eigenvalue weighted by atomic mass is 16.6. The van der Waals surface area contributed by atoms with Gasteiger partial charge in [-0.05, 0) is 5.56 Å². The number of carbonyl (C=O) groups is 1. The summed E-state index contributed by atoms with van der Waals surface area (Å²) in [6, 6.07) is 20.7. The van der Waals surface area contributed by atoms with Gasteiger partial charge in [0.2, 0.25) is 5.60 Å². The maximum absolute atomic E-state index is 12.0. The number of nitriles is 1. The molecule has 0 N–H and O–H groups in total. The molecule has 0 bridgehead atoms. The monoisotopic (exact) mass is 275 g/mol. The van der Waals surface area contributed by atoms with Crippen molar-refractivity contribution >= 4 is 5.97 Å². The number of esters is 1. The Morgan fingerprint density at radius 2 is 1.62 bits per heavy atom. The average molecular weight is 275 g/mol. The van der Waals surface area contributed by atoms with Crippen LogP contribution in [0.25, 0.3) is 0 Å². The molecule has 1 saturated heterocycles. The van der Waals surface area contributed by atoms with E-state index in [0.717, 1.165) is 5.56 Å². The molecule has 2 atom stereocenters. The quantitative estimate of drug-likeness (QED) is 0.624. The molecule has 3 heteroatoms. The van der Waals surface area contributed by atoms with E-state index in [1.54, 1.807) is 12.1 Å². The fraction of sp³-hybridized carbons (Fsp3) is 0.111. The summed E-state index contributed by atoms with van der Waals surface area (Å²) in [4.78, 5) is 12.0. The molecule has 2 aromatic carbocycles. The highest BCUT2D eigenvalue weighted by Crippen LogP contribution is 2.49. The molecule has 2 unspecified atom stereocenters. The van der Waals surface area contributed by atoms with E-state index in [0.29, 0.717) is 11.1 Å². The van der Waals surface area contributed by atoms with E-state index in [-0.39, 0.29) is 0 Å². The minimum atomic E-state index is -1.35. The Labute approximate surface area is 123 Å². The summed E-state index contributed by atoms with van der Waals surface area (Å²) in [7, 11) is 0. The van der Waals surface area contributed by atoms with E-state index in [4.69, 9.17) is 4.74 Å². The zero-order valence-corrected chi connectivity index (χ0v) is 11.3. The van der Waals surface area contributed by atoms with Crippen LogP contribution in [0.2, 0.25) is 0 Å². The Bertz CT molecular complexity index is 731. The topological polar surface area (TPSA) is 50.1 Å². The van der Waals surface area contributed by atoms with Crippen LogP contribution in [0.15, 0.2) is 72.8 Å². The molecule has 21 heavy (non-hydrogen) atoms. The largest absolute Gasteiger partial charge is 0.435 e. The van der Waals surface area contributed by atoms with Crippen LogP contribution in [-0.2, 0) is 15.1 Å². The summed E-state index contributed by atoms with van der Waals surface area (Å²) >= 11 is 0. The Balaban J connectivity index is 2.21. The predicted octanol–water partition coefficient (Wildman–Crippen LogP) is 3.30. The number of nitrogens with zero attached hydrogens (tertiary/aromatic N) is 1. The van der Waals surface area contributed by atoms with Crippen LogP contribution in [-0.4, -0.2) is 5.97 Å². The van der Waals surface area contributed by atoms with Gasteiger partial charge in [0.25, 0.3) is 0 Å². The van der Waals surface area contributed by atoms with Crippen LogP contribution in [0, 0.1) is 11.3 Å². The van der Waals surface area contributed by atoms with Crippen LogP contribution in [0.4, 0.5) is 0 Å². The predicted molar refractivity (Wildman–Crippen MR) is 78.1 cm³/mol. The van der Waals surface area contributed by atoms with Gasteiger partial charge in [0.05, 0.1) is 5.92 Å². The van der Waals surface area contributed by atoms with Crippen LogP contribution >= 0.6 is 0 Å². The van der Waals surface area contributed by atoms with Crippen molar-refractivity contribution in [3.63, 3.8) is 0 Å². The molecule has 0 radical (unpaired) electrons. The Morgan fingerprint density at radius 3 is 2.19 bits per heavy atom. The van der Waals surface area contributed by atoms with E-state index >= 15 is 0 Å². The smallest absolute Gasteiger partial charge is 0.336 e. The van der Waals surface area contributed by atoms with Gasteiger partial charge in [0, 0.05) is 11.1 Å². The Morgan fingerprint density at radius 1 is 1.05 bits per heavy atom. The molecular weight excluding hydrogens is 262 g/mol. The van der Waals surface area contributed by atoms with Gasteiger partial charge in [0.15, 0.2) is 0 Å². The van der Waals surface area contributed by atoms with Gasteiger partial charge in [-0.2, -0.15) is 5.26 Å². The van der Waals surface area contributed by atoms with Gasteiger partial charge in [-0.3, -0.25) is 0 Å². The normalized spacial score (nSPS) is 24.4. The van der Waals surface area contributed by atoms with Crippen molar-refractivity contribution in [2.24, 2.45) is 0 Å². The van der Waals surface area contributed by atoms with Crippen LogP contribution < -0.4 is 0 Å². The minimum absolute atomic E-state index is 0.312. The molecule has 0 aromatic heterocycles. The highest BCUT2D eigenvalue weighted by Gasteiger charge is 2.54. The second-order valence-electron chi connectivity index (χ2n) is 4.97. The molecule has 0 aliphatic carbocycles. The van der Waals surface area contributed by atoms with Gasteiger partial charge in [-0.25, -0.2) is 4.79 Å². The van der Waals surface area contributed by atoms with E-state index in [1.807, 2.05) is 48.5 Å². The SMILES string of the molecule is C=C1C(=O)OC(C#N)(c2ccccc2)C1c1ccccc1. The zero-order chi connectivity index (χ0) is 14.9. The highest BCUT2D eigenvalue weighted by molar-refractivity contribution is 5.94. The zero-order valence-electron chi connectivity index (χ0n) is 11.3. The Kier molecular flexibility index (Phi) is 3.08. The molecular formula is C18H13NO2. The first kappa shape index (κ1) is 13.1. The van der Waals surface area contributed by atoms with Crippen molar-refractivity contribution in [1.29, 1.82) is 5.26 Å². The molecule has 1 heterocycles. The van der Waals surface area contributed by atoms with Crippen molar-refractivity contribution in [1.82, 2.24) is 0 Å². The van der Waals surface area contributed by atoms with Crippen molar-refractivity contribution < 1.29 is 9.53 Å². The number of hydrogen-bond donors (Lipinski definition) is 0. The van der Waals surface area contributed by atoms with E-state index in [1.165, 1.54) is 0 Å². The first-order valence-electron chi connectivity index (χ1n) is 6.63. The molecule has 1 aliphatic rings. The fourth-order valence-electron chi connectivity index (χ4n) is 2.78. The standard InChI is InChI=1S/C18H13NO2/c1-13-16(14-8-4-2-5-9-14)18(12-19,21-17(13)20)15-10-6-3-7-11-15/h2-11,16H,1H2.